The van der Waals surface area contributed by atoms with E-state index in [1.165, 1.54) is 4.68 Å². The van der Waals surface area contributed by atoms with Gasteiger partial charge in [-0.25, -0.2) is 10.5 Å². The Morgan fingerprint density at radius 3 is 2.81 bits per heavy atom. The highest BCUT2D eigenvalue weighted by molar-refractivity contribution is 7.71. The van der Waals surface area contributed by atoms with Gasteiger partial charge in [-0.3, -0.25) is 10.2 Å². The van der Waals surface area contributed by atoms with Crippen LogP contribution in [0.5, 0.6) is 0 Å². The molecule has 5 nitrogen and oxygen atoms in total. The van der Waals surface area contributed by atoms with E-state index in [0.29, 0.717) is 16.1 Å². The first-order valence-corrected chi connectivity index (χ1v) is 7.10. The molecule has 0 bridgehead atoms. The number of hydrazine groups is 1. The molecule has 1 aromatic carbocycles. The van der Waals surface area contributed by atoms with E-state index in [4.69, 9.17) is 29.7 Å². The highest BCUT2D eigenvalue weighted by atomic mass is 35.5. The summed E-state index contributed by atoms with van der Waals surface area (Å²) in [5.41, 5.74) is 4.85. The first-order chi connectivity index (χ1) is 10.0. The van der Waals surface area contributed by atoms with Gasteiger partial charge in [0.1, 0.15) is 11.2 Å². The quantitative estimate of drug-likeness (QED) is 0.391. The molecule has 0 saturated heterocycles. The Balaban J connectivity index is 2.31. The first-order valence-electron chi connectivity index (χ1n) is 6.31. The lowest BCUT2D eigenvalue weighted by atomic mass is 10.0. The molecule has 0 fully saturated rings. The van der Waals surface area contributed by atoms with E-state index in [-0.39, 0.29) is 12.5 Å². The lowest BCUT2D eigenvalue weighted by Gasteiger charge is -2.11. The summed E-state index contributed by atoms with van der Waals surface area (Å²) < 4.78 is 1.93. The molecule has 1 heterocycles. The van der Waals surface area contributed by atoms with E-state index in [0.717, 1.165) is 16.8 Å². The van der Waals surface area contributed by atoms with Crippen molar-refractivity contribution in [1.82, 2.24) is 15.2 Å². The topological polar surface area (TPSA) is 72.9 Å². The van der Waals surface area contributed by atoms with Crippen molar-refractivity contribution in [3.8, 4) is 0 Å². The monoisotopic (exact) mass is 322 g/mol. The van der Waals surface area contributed by atoms with Crippen molar-refractivity contribution >= 4 is 29.7 Å². The van der Waals surface area contributed by atoms with Gasteiger partial charge in [-0.15, -0.1) is 0 Å². The molecule has 0 aliphatic heterocycles. The molecule has 1 amide bonds. The number of benzene rings is 1. The van der Waals surface area contributed by atoms with Crippen LogP contribution in [-0.2, 0) is 17.8 Å². The number of carbonyl (C=O) groups is 1. The van der Waals surface area contributed by atoms with Crippen LogP contribution in [0.25, 0.3) is 0 Å². The van der Waals surface area contributed by atoms with Crippen molar-refractivity contribution in [3.05, 3.63) is 56.8 Å². The number of carbonyl (C=O) groups excluding carboxylic acids is 1. The number of nitrogens with zero attached hydrogens (tertiary/aromatic N) is 2. The summed E-state index contributed by atoms with van der Waals surface area (Å²) in [7, 11) is 0. The Hall–Kier alpha value is -1.76. The lowest BCUT2D eigenvalue weighted by molar-refractivity contribution is -0.121. The SMILES string of the molecule is Cc1nn(CC(=O)NN)c(=S)cc1Cc1ccccc1Cl. The molecule has 0 aliphatic rings. The Morgan fingerprint density at radius 1 is 1.43 bits per heavy atom. The molecule has 2 aromatic rings. The van der Waals surface area contributed by atoms with Gasteiger partial charge in [-0.2, -0.15) is 5.10 Å². The zero-order chi connectivity index (χ0) is 15.4. The van der Waals surface area contributed by atoms with Gasteiger partial charge >= 0.3 is 0 Å². The highest BCUT2D eigenvalue weighted by Crippen LogP contribution is 2.20. The molecule has 0 atom stereocenters. The second-order valence-electron chi connectivity index (χ2n) is 4.59. The fourth-order valence-electron chi connectivity index (χ4n) is 1.94. The van der Waals surface area contributed by atoms with Crippen molar-refractivity contribution in [2.45, 2.75) is 19.9 Å². The average molecular weight is 323 g/mol. The van der Waals surface area contributed by atoms with Crippen LogP contribution >= 0.6 is 23.8 Å². The van der Waals surface area contributed by atoms with E-state index < -0.39 is 0 Å². The van der Waals surface area contributed by atoms with Gasteiger partial charge < -0.3 is 0 Å². The molecule has 2 rings (SSSR count). The normalized spacial score (nSPS) is 10.4. The first kappa shape index (κ1) is 15.6. The van der Waals surface area contributed by atoms with Crippen molar-refractivity contribution < 1.29 is 4.79 Å². The van der Waals surface area contributed by atoms with Crippen molar-refractivity contribution in [2.75, 3.05) is 0 Å². The number of nitrogens with two attached hydrogens (primary N) is 1. The van der Waals surface area contributed by atoms with Gasteiger partial charge in [0.05, 0.1) is 5.69 Å². The minimum atomic E-state index is -0.350. The smallest absolute Gasteiger partial charge is 0.255 e. The van der Waals surface area contributed by atoms with Crippen LogP contribution < -0.4 is 11.3 Å². The van der Waals surface area contributed by atoms with Crippen LogP contribution in [0.3, 0.4) is 0 Å². The van der Waals surface area contributed by atoms with Gasteiger partial charge in [-0.05, 0) is 30.2 Å². The zero-order valence-electron chi connectivity index (χ0n) is 11.5. The summed E-state index contributed by atoms with van der Waals surface area (Å²) in [5.74, 6) is 4.72. The second-order valence-corrected chi connectivity index (χ2v) is 5.41. The molecule has 0 aliphatic carbocycles. The number of rotatable bonds is 4. The van der Waals surface area contributed by atoms with Crippen LogP contribution in [0.1, 0.15) is 16.8 Å². The molecular weight excluding hydrogens is 308 g/mol. The third-order valence-electron chi connectivity index (χ3n) is 3.08. The van der Waals surface area contributed by atoms with E-state index >= 15 is 0 Å². The van der Waals surface area contributed by atoms with Crippen molar-refractivity contribution in [2.24, 2.45) is 5.84 Å². The molecule has 0 unspecified atom stereocenters. The fraction of sp³-hybridized carbons (Fsp3) is 0.214. The second kappa shape index (κ2) is 6.80. The predicted molar refractivity (Wildman–Crippen MR) is 84.4 cm³/mol. The molecule has 0 saturated carbocycles. The Labute approximate surface area is 132 Å². The minimum Gasteiger partial charge on any atom is -0.293 e. The summed E-state index contributed by atoms with van der Waals surface area (Å²) >= 11 is 11.4. The van der Waals surface area contributed by atoms with E-state index in [9.17, 15) is 4.79 Å². The maximum absolute atomic E-state index is 11.3. The molecule has 0 spiro atoms. The standard InChI is InChI=1S/C14H15ClN4OS/c1-9-11(6-10-4-2-3-5-12(10)15)7-14(21)19(18-9)8-13(20)17-16/h2-5,7H,6,8,16H2,1H3,(H,17,20). The molecule has 1 aromatic heterocycles. The van der Waals surface area contributed by atoms with Crippen molar-refractivity contribution in [3.63, 3.8) is 0 Å². The van der Waals surface area contributed by atoms with Gasteiger partial charge in [-0.1, -0.05) is 42.0 Å². The number of hydrogen-bond donors (Lipinski definition) is 2. The van der Waals surface area contributed by atoms with Crippen LogP contribution in [0.4, 0.5) is 0 Å². The summed E-state index contributed by atoms with van der Waals surface area (Å²) in [6.45, 7) is 1.88. The number of halogens is 1. The number of hydrogen-bond acceptors (Lipinski definition) is 4. The summed E-state index contributed by atoms with van der Waals surface area (Å²) in [5, 5.41) is 5.05. The Bertz CT molecular complexity index is 729. The van der Waals surface area contributed by atoms with Gasteiger partial charge in [0.25, 0.3) is 5.91 Å². The van der Waals surface area contributed by atoms with Crippen LogP contribution in [0, 0.1) is 11.6 Å². The van der Waals surface area contributed by atoms with Crippen LogP contribution in [0.15, 0.2) is 30.3 Å². The molecule has 21 heavy (non-hydrogen) atoms. The average Bonchev–Trinajstić information content (AvgIpc) is 2.46. The lowest BCUT2D eigenvalue weighted by Crippen LogP contribution is -2.34. The van der Waals surface area contributed by atoms with E-state index in [2.05, 4.69) is 10.5 Å². The van der Waals surface area contributed by atoms with Gasteiger partial charge in [0.15, 0.2) is 0 Å². The molecule has 0 radical (unpaired) electrons. The van der Waals surface area contributed by atoms with Crippen molar-refractivity contribution in [1.29, 1.82) is 0 Å². The number of aryl methyl sites for hydroxylation is 1. The molecule has 7 heteroatoms. The molecule has 3 N–H and O–H groups in total. The zero-order valence-corrected chi connectivity index (χ0v) is 13.0. The summed E-state index contributed by atoms with van der Waals surface area (Å²) in [6, 6.07) is 9.48. The van der Waals surface area contributed by atoms with Crippen LogP contribution in [-0.4, -0.2) is 15.7 Å². The number of amides is 1. The van der Waals surface area contributed by atoms with Gasteiger partial charge in [0, 0.05) is 11.4 Å². The number of nitrogens with one attached hydrogen (secondary N) is 1. The summed E-state index contributed by atoms with van der Waals surface area (Å²) in [6.07, 6.45) is 0.645. The molecular formula is C14H15ClN4OS. The van der Waals surface area contributed by atoms with Crippen LogP contribution in [0.2, 0.25) is 5.02 Å². The number of aromatic nitrogens is 2. The maximum atomic E-state index is 11.3. The fourth-order valence-corrected chi connectivity index (χ4v) is 2.39. The van der Waals surface area contributed by atoms with Gasteiger partial charge in [0.2, 0.25) is 0 Å². The summed E-state index contributed by atoms with van der Waals surface area (Å²) in [4.78, 5) is 11.3. The Kier molecular flexibility index (Phi) is 5.06. The molecule has 110 valence electrons. The largest absolute Gasteiger partial charge is 0.293 e. The third kappa shape index (κ3) is 3.87. The maximum Gasteiger partial charge on any atom is 0.255 e. The minimum absolute atomic E-state index is 0.00253. The highest BCUT2D eigenvalue weighted by Gasteiger charge is 2.08. The predicted octanol–water partition coefficient (Wildman–Crippen LogP) is 2.16. The van der Waals surface area contributed by atoms with E-state index in [1.54, 1.807) is 0 Å². The van der Waals surface area contributed by atoms with E-state index in [1.807, 2.05) is 37.3 Å². The third-order valence-corrected chi connectivity index (χ3v) is 3.78. The Morgan fingerprint density at radius 2 is 2.14 bits per heavy atom.